The van der Waals surface area contributed by atoms with Gasteiger partial charge < -0.3 is 53.6 Å². The second-order valence-corrected chi connectivity index (χ2v) is 13.0. The highest BCUT2D eigenvalue weighted by atomic mass is 16.4. The van der Waals surface area contributed by atoms with E-state index in [1.807, 2.05) is 0 Å². The number of likely N-dealkylation sites (tertiary alicyclic amines) is 1. The van der Waals surface area contributed by atoms with Gasteiger partial charge in [-0.25, -0.2) is 4.79 Å². The van der Waals surface area contributed by atoms with Gasteiger partial charge in [0.05, 0.1) is 12.1 Å². The number of aliphatic hydroxyl groups is 1. The van der Waals surface area contributed by atoms with Crippen LogP contribution in [0.3, 0.4) is 0 Å². The molecule has 1 aliphatic rings. The number of nitrogens with one attached hydrogen (secondary N) is 4. The Balaban J connectivity index is 3.16. The van der Waals surface area contributed by atoms with Crippen LogP contribution in [-0.2, 0) is 38.4 Å². The summed E-state index contributed by atoms with van der Waals surface area (Å²) in [6.45, 7) is 8.38. The lowest BCUT2D eigenvalue weighted by Crippen LogP contribution is -2.62. The number of carboxylic acid groups (broad SMARTS) is 1. The van der Waals surface area contributed by atoms with Crippen molar-refractivity contribution in [3.05, 3.63) is 0 Å². The zero-order valence-corrected chi connectivity index (χ0v) is 28.9. The Hall–Kier alpha value is -4.32. The summed E-state index contributed by atoms with van der Waals surface area (Å²) < 4.78 is 0. The summed E-state index contributed by atoms with van der Waals surface area (Å²) in [6, 6.07) is -7.59. The van der Waals surface area contributed by atoms with E-state index in [0.717, 1.165) is 0 Å². The van der Waals surface area contributed by atoms with Crippen LogP contribution in [0.15, 0.2) is 0 Å². The lowest BCUT2D eigenvalue weighted by Gasteiger charge is -2.31. The molecule has 18 heteroatoms. The summed E-state index contributed by atoms with van der Waals surface area (Å²) in [7, 11) is 0. The minimum Gasteiger partial charge on any atom is -0.480 e. The number of rotatable bonds is 21. The summed E-state index contributed by atoms with van der Waals surface area (Å²) in [5, 5.41) is 29.9. The molecule has 0 radical (unpaired) electrons. The van der Waals surface area contributed by atoms with Gasteiger partial charge in [0, 0.05) is 19.4 Å². The molecule has 18 nitrogen and oxygen atoms in total. The highest BCUT2D eigenvalue weighted by Crippen LogP contribution is 2.20. The van der Waals surface area contributed by atoms with Crippen molar-refractivity contribution in [2.24, 2.45) is 29.0 Å². The Kier molecular flexibility index (Phi) is 17.6. The van der Waals surface area contributed by atoms with E-state index in [4.69, 9.17) is 17.2 Å². The molecule has 0 aromatic heterocycles. The number of carbonyl (C=O) groups excluding carboxylic acids is 7. The highest BCUT2D eigenvalue weighted by Gasteiger charge is 2.40. The second-order valence-electron chi connectivity index (χ2n) is 13.0. The number of carbonyl (C=O) groups is 8. The van der Waals surface area contributed by atoms with Crippen LogP contribution in [0.2, 0.25) is 0 Å². The molecule has 0 unspecified atom stereocenters. The van der Waals surface area contributed by atoms with Gasteiger partial charge in [0.2, 0.25) is 41.4 Å². The number of nitrogens with two attached hydrogens (primary N) is 3. The van der Waals surface area contributed by atoms with E-state index in [9.17, 15) is 48.6 Å². The fraction of sp³-hybridized carbons (Fsp3) is 0.742. The van der Waals surface area contributed by atoms with E-state index < -0.39 is 95.6 Å². The molecule has 0 saturated carbocycles. The van der Waals surface area contributed by atoms with Gasteiger partial charge in [0.1, 0.15) is 30.2 Å². The smallest absolute Gasteiger partial charge is 0.326 e. The van der Waals surface area contributed by atoms with Gasteiger partial charge in [0.25, 0.3) is 0 Å². The van der Waals surface area contributed by atoms with Crippen molar-refractivity contribution >= 4 is 47.3 Å². The Morgan fingerprint density at radius 2 is 1.35 bits per heavy atom. The van der Waals surface area contributed by atoms with Gasteiger partial charge in [0.15, 0.2) is 0 Å². The van der Waals surface area contributed by atoms with Gasteiger partial charge in [-0.2, -0.15) is 0 Å². The molecule has 1 fully saturated rings. The molecule has 0 aliphatic carbocycles. The van der Waals surface area contributed by atoms with E-state index >= 15 is 0 Å². The third-order valence-corrected chi connectivity index (χ3v) is 8.35. The Labute approximate surface area is 286 Å². The maximum atomic E-state index is 13.6. The number of hydrogen-bond acceptors (Lipinski definition) is 10. The lowest BCUT2D eigenvalue weighted by molar-refractivity contribution is -0.143. The standard InChI is InChI=1S/C31H54N8O10/c1-6-16(4)24(28(45)35-19(10-12-23(34)42)26(43)36-20(31(48)49)14-15(2)3)37-29(46)25(17(5)40)38-27(44)21-8-7-13-39(21)30(47)18(32)9-11-22(33)41/h15-21,24-25,40H,6-14,32H2,1-5H3,(H2,33,41)(H2,34,42)(H,35,45)(H,36,43)(H,37,46)(H,38,44)(H,48,49)/t16-,17+,18-,19-,20-,21-,24-,25-/m0/s1. The van der Waals surface area contributed by atoms with Gasteiger partial charge in [-0.1, -0.05) is 34.1 Å². The van der Waals surface area contributed by atoms with Crippen LogP contribution >= 0.6 is 0 Å². The zero-order valence-electron chi connectivity index (χ0n) is 28.9. The summed E-state index contributed by atoms with van der Waals surface area (Å²) in [4.78, 5) is 102. The van der Waals surface area contributed by atoms with Crippen LogP contribution in [-0.4, -0.2) is 111 Å². The number of amides is 7. The largest absolute Gasteiger partial charge is 0.480 e. The van der Waals surface area contributed by atoms with Gasteiger partial charge in [-0.15, -0.1) is 0 Å². The summed E-state index contributed by atoms with van der Waals surface area (Å²) in [5.74, 6) is -7.24. The van der Waals surface area contributed by atoms with Crippen molar-refractivity contribution in [2.75, 3.05) is 6.54 Å². The average Bonchev–Trinajstić information content (AvgIpc) is 3.51. The molecule has 7 amide bonds. The van der Waals surface area contributed by atoms with Crippen molar-refractivity contribution in [2.45, 2.75) is 128 Å². The van der Waals surface area contributed by atoms with Crippen molar-refractivity contribution in [1.82, 2.24) is 26.2 Å². The van der Waals surface area contributed by atoms with Gasteiger partial charge >= 0.3 is 5.97 Å². The molecule has 0 bridgehead atoms. The minimum absolute atomic E-state index is 0.0140. The summed E-state index contributed by atoms with van der Waals surface area (Å²) >= 11 is 0. The summed E-state index contributed by atoms with van der Waals surface area (Å²) in [5.41, 5.74) is 16.3. The van der Waals surface area contributed by atoms with Crippen LogP contribution in [0.25, 0.3) is 0 Å². The molecule has 49 heavy (non-hydrogen) atoms. The number of carboxylic acids is 1. The van der Waals surface area contributed by atoms with Crippen LogP contribution in [0.4, 0.5) is 0 Å². The number of primary amides is 2. The number of aliphatic hydroxyl groups excluding tert-OH is 1. The highest BCUT2D eigenvalue weighted by molar-refractivity contribution is 5.97. The molecule has 12 N–H and O–H groups in total. The molecule has 1 heterocycles. The molecular formula is C31H54N8O10. The monoisotopic (exact) mass is 698 g/mol. The molecular weight excluding hydrogens is 644 g/mol. The van der Waals surface area contributed by atoms with Crippen molar-refractivity contribution < 1.29 is 48.6 Å². The molecule has 0 aromatic carbocycles. The first-order chi connectivity index (χ1) is 22.8. The first kappa shape index (κ1) is 42.7. The number of hydrogen-bond donors (Lipinski definition) is 9. The van der Waals surface area contributed by atoms with Crippen LogP contribution < -0.4 is 38.5 Å². The third-order valence-electron chi connectivity index (χ3n) is 8.35. The van der Waals surface area contributed by atoms with E-state index in [1.54, 1.807) is 27.7 Å². The Bertz CT molecular complexity index is 1210. The van der Waals surface area contributed by atoms with Crippen molar-refractivity contribution in [3.63, 3.8) is 0 Å². The predicted molar refractivity (Wildman–Crippen MR) is 176 cm³/mol. The fourth-order valence-corrected chi connectivity index (χ4v) is 5.32. The van der Waals surface area contributed by atoms with Gasteiger partial charge in [-0.05, 0) is 50.9 Å². The lowest BCUT2D eigenvalue weighted by atomic mass is 9.96. The molecule has 8 atom stereocenters. The fourth-order valence-electron chi connectivity index (χ4n) is 5.32. The maximum absolute atomic E-state index is 13.6. The predicted octanol–water partition coefficient (Wildman–Crippen LogP) is -2.67. The van der Waals surface area contributed by atoms with Crippen molar-refractivity contribution in [1.29, 1.82) is 0 Å². The van der Waals surface area contributed by atoms with Crippen LogP contribution in [0, 0.1) is 11.8 Å². The molecule has 0 spiro atoms. The number of aliphatic carboxylic acids is 1. The normalized spacial score (nSPS) is 18.6. The van der Waals surface area contributed by atoms with E-state index in [-0.39, 0.29) is 51.0 Å². The van der Waals surface area contributed by atoms with Crippen LogP contribution in [0.5, 0.6) is 0 Å². The van der Waals surface area contributed by atoms with E-state index in [1.165, 1.54) is 11.8 Å². The molecule has 0 aromatic rings. The van der Waals surface area contributed by atoms with Crippen molar-refractivity contribution in [3.8, 4) is 0 Å². The third kappa shape index (κ3) is 14.0. The molecule has 1 rings (SSSR count). The maximum Gasteiger partial charge on any atom is 0.326 e. The Morgan fingerprint density at radius 3 is 1.86 bits per heavy atom. The second kappa shape index (κ2) is 20.3. The number of nitrogens with zero attached hydrogens (tertiary/aromatic N) is 1. The van der Waals surface area contributed by atoms with E-state index in [0.29, 0.717) is 12.8 Å². The van der Waals surface area contributed by atoms with Crippen LogP contribution in [0.1, 0.15) is 86.0 Å². The molecule has 1 aliphatic heterocycles. The zero-order chi connectivity index (χ0) is 37.6. The quantitative estimate of drug-likeness (QED) is 0.0595. The molecule has 1 saturated heterocycles. The Morgan fingerprint density at radius 1 is 0.796 bits per heavy atom. The average molecular weight is 699 g/mol. The summed E-state index contributed by atoms with van der Waals surface area (Å²) in [6.07, 6.45) is -0.966. The minimum atomic E-state index is -1.56. The first-order valence-corrected chi connectivity index (χ1v) is 16.6. The first-order valence-electron chi connectivity index (χ1n) is 16.6. The SMILES string of the molecule is CC[C@H](C)[C@H](NC(=O)[C@@H](NC(=O)[C@@H]1CCCN1C(=O)[C@@H](N)CCC(N)=O)[C@@H](C)O)C(=O)N[C@@H](CCC(N)=O)C(=O)N[C@@H](CC(C)C)C(=O)O. The topological polar surface area (TPSA) is 306 Å². The molecule has 278 valence electrons. The van der Waals surface area contributed by atoms with Gasteiger partial charge in [-0.3, -0.25) is 33.6 Å². The van der Waals surface area contributed by atoms with E-state index in [2.05, 4.69) is 21.3 Å².